The number of pyridine rings is 1. The smallest absolute Gasteiger partial charge is 0.289 e. The molecule has 33 heavy (non-hydrogen) atoms. The molecule has 0 spiro atoms. The summed E-state index contributed by atoms with van der Waals surface area (Å²) in [6.45, 7) is 1.38. The van der Waals surface area contributed by atoms with Crippen LogP contribution in [0.25, 0.3) is 16.7 Å². The fourth-order valence-corrected chi connectivity index (χ4v) is 4.33. The molecule has 4 rings (SSSR count). The van der Waals surface area contributed by atoms with Crippen molar-refractivity contribution in [3.05, 3.63) is 81.8 Å². The molecule has 170 valence electrons. The molecule has 4 aromatic rings. The molecule has 12 heteroatoms. The van der Waals surface area contributed by atoms with Crippen molar-refractivity contribution in [2.24, 2.45) is 0 Å². The van der Waals surface area contributed by atoms with Crippen LogP contribution in [0.1, 0.15) is 16.8 Å². The van der Waals surface area contributed by atoms with Crippen LogP contribution in [-0.2, 0) is 17.2 Å². The molecule has 0 saturated heterocycles. The third kappa shape index (κ3) is 5.11. The van der Waals surface area contributed by atoms with Gasteiger partial charge >= 0.3 is 6.18 Å². The molecular formula is C21H15F4N5O2S. The number of hydrogen-bond acceptors (Lipinski definition) is 6. The lowest BCUT2D eigenvalue weighted by atomic mass is 10.1. The Bertz CT molecular complexity index is 1420. The van der Waals surface area contributed by atoms with E-state index < -0.39 is 34.0 Å². The molecule has 0 amide bonds. The summed E-state index contributed by atoms with van der Waals surface area (Å²) >= 11 is 0. The molecule has 7 nitrogen and oxygen atoms in total. The van der Waals surface area contributed by atoms with E-state index in [1.807, 2.05) is 0 Å². The standard InChI is InChI=1S/C21H15F4N5O2S/c1-12-5-17(22)13(7-19(12)33(32)11-21(23,24)25)6-14-8-18(31)16-10-30(29-20(16)28-27-14)15-3-2-4-26-9-15/h2-5,7-10H,6,11H2,1H3. The summed E-state index contributed by atoms with van der Waals surface area (Å²) in [5.74, 6) is -2.26. The van der Waals surface area contributed by atoms with E-state index in [9.17, 15) is 26.6 Å². The second kappa shape index (κ2) is 8.77. The van der Waals surface area contributed by atoms with Crippen molar-refractivity contribution in [3.63, 3.8) is 0 Å². The van der Waals surface area contributed by atoms with Crippen molar-refractivity contribution in [2.75, 3.05) is 5.75 Å². The minimum Gasteiger partial charge on any atom is -0.289 e. The van der Waals surface area contributed by atoms with Gasteiger partial charge in [0, 0.05) is 29.8 Å². The first-order chi connectivity index (χ1) is 15.6. The average molecular weight is 477 g/mol. The monoisotopic (exact) mass is 477 g/mol. The van der Waals surface area contributed by atoms with E-state index in [1.54, 1.807) is 24.5 Å². The highest BCUT2D eigenvalue weighted by Crippen LogP contribution is 2.25. The number of halogens is 4. The van der Waals surface area contributed by atoms with Gasteiger partial charge in [-0.05, 0) is 42.3 Å². The molecule has 0 saturated carbocycles. The summed E-state index contributed by atoms with van der Waals surface area (Å²) in [6.07, 6.45) is -0.253. The maximum Gasteiger partial charge on any atom is 0.400 e. The summed E-state index contributed by atoms with van der Waals surface area (Å²) in [7, 11) is -2.40. The number of rotatable bonds is 5. The Balaban J connectivity index is 1.68. The van der Waals surface area contributed by atoms with Gasteiger partial charge in [0.1, 0.15) is 11.6 Å². The summed E-state index contributed by atoms with van der Waals surface area (Å²) < 4.78 is 66.0. The summed E-state index contributed by atoms with van der Waals surface area (Å²) in [5.41, 5.74) is 0.375. The lowest BCUT2D eigenvalue weighted by molar-refractivity contribution is -0.105. The number of aromatic nitrogens is 5. The first-order valence-electron chi connectivity index (χ1n) is 9.51. The van der Waals surface area contributed by atoms with Crippen LogP contribution < -0.4 is 5.43 Å². The van der Waals surface area contributed by atoms with Gasteiger partial charge in [0.2, 0.25) is 5.65 Å². The SMILES string of the molecule is Cc1cc(F)c(Cc2cc(=O)c3cn(-c4cccnc4)nc3nn2)cc1S(=O)CC(F)(F)F. The predicted molar refractivity (Wildman–Crippen MR) is 112 cm³/mol. The zero-order chi connectivity index (χ0) is 23.8. The zero-order valence-corrected chi connectivity index (χ0v) is 17.8. The van der Waals surface area contributed by atoms with Gasteiger partial charge in [0.25, 0.3) is 0 Å². The number of fused-ring (bicyclic) bond motifs is 1. The zero-order valence-electron chi connectivity index (χ0n) is 17.0. The van der Waals surface area contributed by atoms with Crippen LogP contribution in [0.15, 0.2) is 58.6 Å². The van der Waals surface area contributed by atoms with Crippen LogP contribution in [0.3, 0.4) is 0 Å². The molecule has 3 aromatic heterocycles. The van der Waals surface area contributed by atoms with Crippen molar-refractivity contribution in [1.29, 1.82) is 0 Å². The van der Waals surface area contributed by atoms with Crippen molar-refractivity contribution in [2.45, 2.75) is 24.4 Å². The van der Waals surface area contributed by atoms with Crippen molar-refractivity contribution in [3.8, 4) is 5.69 Å². The van der Waals surface area contributed by atoms with E-state index in [4.69, 9.17) is 0 Å². The lowest BCUT2D eigenvalue weighted by Crippen LogP contribution is -2.19. The molecule has 1 atom stereocenters. The van der Waals surface area contributed by atoms with Crippen molar-refractivity contribution < 1.29 is 21.8 Å². The van der Waals surface area contributed by atoms with Crippen LogP contribution in [0, 0.1) is 12.7 Å². The Kier molecular flexibility index (Phi) is 6.02. The number of aryl methyl sites for hydroxylation is 1. The van der Waals surface area contributed by atoms with Gasteiger partial charge in [-0.1, -0.05) is 0 Å². The Morgan fingerprint density at radius 3 is 2.64 bits per heavy atom. The second-order valence-electron chi connectivity index (χ2n) is 7.21. The molecule has 0 aliphatic rings. The maximum atomic E-state index is 14.5. The summed E-state index contributed by atoms with van der Waals surface area (Å²) in [6, 6.07) is 6.73. The largest absolute Gasteiger partial charge is 0.400 e. The van der Waals surface area contributed by atoms with Gasteiger partial charge in [-0.2, -0.15) is 18.3 Å². The average Bonchev–Trinajstić information content (AvgIpc) is 3.11. The first kappa shape index (κ1) is 22.6. The minimum absolute atomic E-state index is 0.0518. The minimum atomic E-state index is -4.63. The number of alkyl halides is 3. The van der Waals surface area contributed by atoms with E-state index in [0.29, 0.717) is 5.69 Å². The molecule has 0 aliphatic carbocycles. The molecule has 1 aromatic carbocycles. The Labute approximate surface area is 186 Å². The second-order valence-corrected chi connectivity index (χ2v) is 8.63. The van der Waals surface area contributed by atoms with Crippen LogP contribution >= 0.6 is 0 Å². The highest BCUT2D eigenvalue weighted by molar-refractivity contribution is 7.85. The van der Waals surface area contributed by atoms with E-state index in [2.05, 4.69) is 20.3 Å². The van der Waals surface area contributed by atoms with Gasteiger partial charge in [0.05, 0.1) is 33.8 Å². The molecule has 0 N–H and O–H groups in total. The van der Waals surface area contributed by atoms with E-state index in [0.717, 1.165) is 18.2 Å². The first-order valence-corrected chi connectivity index (χ1v) is 10.8. The topological polar surface area (TPSA) is 90.6 Å². The van der Waals surface area contributed by atoms with Gasteiger partial charge in [-0.25, -0.2) is 9.07 Å². The van der Waals surface area contributed by atoms with Crippen LogP contribution in [0.4, 0.5) is 17.6 Å². The Morgan fingerprint density at radius 1 is 1.15 bits per heavy atom. The van der Waals surface area contributed by atoms with Gasteiger partial charge < -0.3 is 0 Å². The van der Waals surface area contributed by atoms with Gasteiger partial charge in [0.15, 0.2) is 5.43 Å². The highest BCUT2D eigenvalue weighted by Gasteiger charge is 2.31. The Morgan fingerprint density at radius 2 is 1.94 bits per heavy atom. The van der Waals surface area contributed by atoms with Crippen LogP contribution in [-0.4, -0.2) is 41.1 Å². The van der Waals surface area contributed by atoms with Gasteiger partial charge in [-0.15, -0.1) is 10.2 Å². The molecule has 0 fully saturated rings. The van der Waals surface area contributed by atoms with Crippen molar-refractivity contribution >= 4 is 21.8 Å². The summed E-state index contributed by atoms with van der Waals surface area (Å²) in [5, 5.41) is 12.3. The fourth-order valence-electron chi connectivity index (χ4n) is 3.19. The van der Waals surface area contributed by atoms with E-state index in [-0.39, 0.29) is 39.2 Å². The van der Waals surface area contributed by atoms with Gasteiger partial charge in [-0.3, -0.25) is 14.0 Å². The van der Waals surface area contributed by atoms with Crippen LogP contribution in [0.5, 0.6) is 0 Å². The Hall–Kier alpha value is -3.54. The quantitative estimate of drug-likeness (QED) is 0.410. The fraction of sp³-hybridized carbons (Fsp3) is 0.190. The highest BCUT2D eigenvalue weighted by atomic mass is 32.2. The predicted octanol–water partition coefficient (Wildman–Crippen LogP) is 3.28. The molecule has 0 bridgehead atoms. The van der Waals surface area contributed by atoms with Crippen molar-refractivity contribution in [1.82, 2.24) is 25.0 Å². The maximum absolute atomic E-state index is 14.5. The van der Waals surface area contributed by atoms with Crippen LogP contribution in [0.2, 0.25) is 0 Å². The van der Waals surface area contributed by atoms with E-state index >= 15 is 0 Å². The molecule has 0 aliphatic heterocycles. The number of hydrogen-bond donors (Lipinski definition) is 0. The molecule has 0 radical (unpaired) electrons. The lowest BCUT2D eigenvalue weighted by Gasteiger charge is -2.11. The number of nitrogens with zero attached hydrogens (tertiary/aromatic N) is 5. The molecular weight excluding hydrogens is 462 g/mol. The third-order valence-electron chi connectivity index (χ3n) is 4.70. The molecule has 3 heterocycles. The van der Waals surface area contributed by atoms with E-state index in [1.165, 1.54) is 17.8 Å². The summed E-state index contributed by atoms with van der Waals surface area (Å²) in [4.78, 5) is 16.5. The normalized spacial score (nSPS) is 12.8. The number of benzene rings is 1. The molecule has 1 unspecified atom stereocenters. The third-order valence-corrected chi connectivity index (χ3v) is 6.22.